The number of carboxylic acid groups (broad SMARTS) is 1. The van der Waals surface area contributed by atoms with Crippen LogP contribution in [0.25, 0.3) is 0 Å². The molecule has 1 aliphatic rings. The van der Waals surface area contributed by atoms with Crippen molar-refractivity contribution in [3.63, 3.8) is 0 Å². The van der Waals surface area contributed by atoms with Crippen LogP contribution in [-0.2, 0) is 16.1 Å². The van der Waals surface area contributed by atoms with Crippen molar-refractivity contribution in [1.82, 2.24) is 10.2 Å². The van der Waals surface area contributed by atoms with Gasteiger partial charge in [0, 0.05) is 12.1 Å². The van der Waals surface area contributed by atoms with Crippen molar-refractivity contribution in [3.05, 3.63) is 35.4 Å². The number of nitrogens with zero attached hydrogens (tertiary/aromatic N) is 1. The molecule has 0 unspecified atom stereocenters. The molecular weight excluding hydrogens is 320 g/mol. The van der Waals surface area contributed by atoms with Gasteiger partial charge in [0.1, 0.15) is 12.1 Å². The molecule has 0 bridgehead atoms. The molecule has 6 heteroatoms. The molecule has 0 spiro atoms. The second-order valence-electron chi connectivity index (χ2n) is 7.31. The second-order valence-corrected chi connectivity index (χ2v) is 7.31. The van der Waals surface area contributed by atoms with Crippen LogP contribution < -0.4 is 5.32 Å². The summed E-state index contributed by atoms with van der Waals surface area (Å²) in [7, 11) is 0. The summed E-state index contributed by atoms with van der Waals surface area (Å²) in [6.07, 6.45) is 0.347. The highest BCUT2D eigenvalue weighted by Crippen LogP contribution is 2.27. The van der Waals surface area contributed by atoms with Gasteiger partial charge >= 0.3 is 5.97 Å². The first-order valence-electron chi connectivity index (χ1n) is 8.64. The number of carbonyl (C=O) groups is 3. The lowest BCUT2D eigenvalue weighted by Gasteiger charge is -2.31. The zero-order valence-corrected chi connectivity index (χ0v) is 15.2. The minimum absolute atomic E-state index is 0.133. The summed E-state index contributed by atoms with van der Waals surface area (Å²) >= 11 is 0. The highest BCUT2D eigenvalue weighted by atomic mass is 16.4. The van der Waals surface area contributed by atoms with Crippen LogP contribution in [-0.4, -0.2) is 39.9 Å². The minimum Gasteiger partial charge on any atom is -0.480 e. The van der Waals surface area contributed by atoms with Gasteiger partial charge < -0.3 is 15.3 Å². The SMILES string of the molecule is CC(C)C[C@H](NC(=O)[C@H](C(C)C)N1Cc2ccccc2C1=O)C(=O)O. The molecule has 2 atom stereocenters. The fraction of sp³-hybridized carbons (Fsp3) is 0.526. The van der Waals surface area contributed by atoms with E-state index in [1.165, 1.54) is 0 Å². The zero-order chi connectivity index (χ0) is 18.7. The molecule has 1 aromatic rings. The maximum atomic E-state index is 12.8. The number of fused-ring (bicyclic) bond motifs is 1. The number of benzene rings is 1. The van der Waals surface area contributed by atoms with Crippen LogP contribution in [0.15, 0.2) is 24.3 Å². The third-order valence-electron chi connectivity index (χ3n) is 4.41. The number of hydrogen-bond donors (Lipinski definition) is 2. The van der Waals surface area contributed by atoms with Crippen LogP contribution in [0, 0.1) is 11.8 Å². The minimum atomic E-state index is -1.06. The Morgan fingerprint density at radius 2 is 1.84 bits per heavy atom. The van der Waals surface area contributed by atoms with Gasteiger partial charge in [0.25, 0.3) is 5.91 Å². The standard InChI is InChI=1S/C19H26N2O4/c1-11(2)9-15(19(24)25)20-17(22)16(12(3)4)21-10-13-7-5-6-8-14(13)18(21)23/h5-8,11-12,15-16H,9-10H2,1-4H3,(H,20,22)(H,24,25)/t15-,16-/m0/s1. The van der Waals surface area contributed by atoms with Crippen molar-refractivity contribution in [2.45, 2.75) is 52.7 Å². The molecular formula is C19H26N2O4. The van der Waals surface area contributed by atoms with Gasteiger partial charge in [-0.3, -0.25) is 9.59 Å². The average Bonchev–Trinajstić information content (AvgIpc) is 2.83. The molecule has 25 heavy (non-hydrogen) atoms. The Bertz CT molecular complexity index is 669. The van der Waals surface area contributed by atoms with Gasteiger partial charge in [-0.2, -0.15) is 0 Å². The molecule has 0 fully saturated rings. The Labute approximate surface area is 148 Å². The highest BCUT2D eigenvalue weighted by Gasteiger charge is 2.39. The van der Waals surface area contributed by atoms with Gasteiger partial charge in [-0.25, -0.2) is 4.79 Å². The van der Waals surface area contributed by atoms with Crippen molar-refractivity contribution in [2.24, 2.45) is 11.8 Å². The Morgan fingerprint density at radius 1 is 1.20 bits per heavy atom. The first-order valence-corrected chi connectivity index (χ1v) is 8.64. The van der Waals surface area contributed by atoms with Gasteiger partial charge in [-0.05, 0) is 29.9 Å². The maximum absolute atomic E-state index is 12.8. The number of hydrogen-bond acceptors (Lipinski definition) is 3. The lowest BCUT2D eigenvalue weighted by atomic mass is 9.99. The summed E-state index contributed by atoms with van der Waals surface area (Å²) < 4.78 is 0. The van der Waals surface area contributed by atoms with Crippen molar-refractivity contribution in [2.75, 3.05) is 0 Å². The Kier molecular flexibility index (Phi) is 5.82. The van der Waals surface area contributed by atoms with E-state index in [4.69, 9.17) is 0 Å². The molecule has 1 aliphatic heterocycles. The van der Waals surface area contributed by atoms with E-state index in [1.807, 2.05) is 39.8 Å². The summed E-state index contributed by atoms with van der Waals surface area (Å²) in [5.74, 6) is -1.65. The van der Waals surface area contributed by atoms with Gasteiger partial charge in [-0.15, -0.1) is 0 Å². The summed E-state index contributed by atoms with van der Waals surface area (Å²) in [5, 5.41) is 12.0. The van der Waals surface area contributed by atoms with Crippen LogP contribution in [0.5, 0.6) is 0 Å². The van der Waals surface area contributed by atoms with Crippen LogP contribution in [0.2, 0.25) is 0 Å². The molecule has 0 radical (unpaired) electrons. The molecule has 0 aromatic heterocycles. The number of amides is 2. The molecule has 2 rings (SSSR count). The van der Waals surface area contributed by atoms with Crippen LogP contribution >= 0.6 is 0 Å². The predicted molar refractivity (Wildman–Crippen MR) is 94.0 cm³/mol. The van der Waals surface area contributed by atoms with E-state index in [2.05, 4.69) is 5.32 Å². The number of carboxylic acids is 1. The highest BCUT2D eigenvalue weighted by molar-refractivity contribution is 6.01. The maximum Gasteiger partial charge on any atom is 0.326 e. The first kappa shape index (κ1) is 19.0. The zero-order valence-electron chi connectivity index (χ0n) is 15.2. The number of carbonyl (C=O) groups excluding carboxylic acids is 2. The molecule has 136 valence electrons. The van der Waals surface area contributed by atoms with Crippen molar-refractivity contribution in [3.8, 4) is 0 Å². The molecule has 0 saturated carbocycles. The van der Waals surface area contributed by atoms with E-state index in [9.17, 15) is 19.5 Å². The second kappa shape index (κ2) is 7.68. The van der Waals surface area contributed by atoms with E-state index >= 15 is 0 Å². The summed E-state index contributed by atoms with van der Waals surface area (Å²) in [5.41, 5.74) is 1.50. The van der Waals surface area contributed by atoms with E-state index in [0.29, 0.717) is 18.5 Å². The van der Waals surface area contributed by atoms with Crippen LogP contribution in [0.1, 0.15) is 50.0 Å². The van der Waals surface area contributed by atoms with E-state index < -0.39 is 24.0 Å². The van der Waals surface area contributed by atoms with Crippen LogP contribution in [0.3, 0.4) is 0 Å². The average molecular weight is 346 g/mol. The molecule has 1 aromatic carbocycles. The van der Waals surface area contributed by atoms with Gasteiger partial charge in [0.05, 0.1) is 0 Å². The smallest absolute Gasteiger partial charge is 0.326 e. The van der Waals surface area contributed by atoms with Crippen molar-refractivity contribution in [1.29, 1.82) is 0 Å². The van der Waals surface area contributed by atoms with E-state index in [-0.39, 0.29) is 17.7 Å². The normalized spacial score (nSPS) is 16.1. The molecule has 0 aliphatic carbocycles. The summed E-state index contributed by atoms with van der Waals surface area (Å²) in [6, 6.07) is 5.65. The third-order valence-corrected chi connectivity index (χ3v) is 4.41. The lowest BCUT2D eigenvalue weighted by molar-refractivity contribution is -0.143. The molecule has 2 amide bonds. The first-order chi connectivity index (χ1) is 11.7. The monoisotopic (exact) mass is 346 g/mol. The Hall–Kier alpha value is -2.37. The van der Waals surface area contributed by atoms with Crippen LogP contribution in [0.4, 0.5) is 0 Å². The fourth-order valence-electron chi connectivity index (χ4n) is 3.26. The fourth-order valence-corrected chi connectivity index (χ4v) is 3.26. The van der Waals surface area contributed by atoms with Crippen molar-refractivity contribution >= 4 is 17.8 Å². The topological polar surface area (TPSA) is 86.7 Å². The largest absolute Gasteiger partial charge is 0.480 e. The number of aliphatic carboxylic acids is 1. The third kappa shape index (κ3) is 4.18. The Morgan fingerprint density at radius 3 is 2.36 bits per heavy atom. The lowest BCUT2D eigenvalue weighted by Crippen LogP contribution is -2.54. The molecule has 2 N–H and O–H groups in total. The van der Waals surface area contributed by atoms with Gasteiger partial charge in [-0.1, -0.05) is 45.9 Å². The molecule has 1 heterocycles. The quantitative estimate of drug-likeness (QED) is 0.793. The number of nitrogens with one attached hydrogen (secondary N) is 1. The summed E-state index contributed by atoms with van der Waals surface area (Å²) in [6.45, 7) is 7.90. The van der Waals surface area contributed by atoms with E-state index in [0.717, 1.165) is 5.56 Å². The predicted octanol–water partition coefficient (Wildman–Crippen LogP) is 2.28. The van der Waals surface area contributed by atoms with Gasteiger partial charge in [0.15, 0.2) is 0 Å². The Balaban J connectivity index is 2.20. The molecule has 0 saturated heterocycles. The number of rotatable bonds is 7. The van der Waals surface area contributed by atoms with E-state index in [1.54, 1.807) is 17.0 Å². The molecule has 6 nitrogen and oxygen atoms in total. The van der Waals surface area contributed by atoms with Gasteiger partial charge in [0.2, 0.25) is 5.91 Å². The van der Waals surface area contributed by atoms with Crippen molar-refractivity contribution < 1.29 is 19.5 Å². The summed E-state index contributed by atoms with van der Waals surface area (Å²) in [4.78, 5) is 38.4.